The van der Waals surface area contributed by atoms with Crippen LogP contribution in [0.1, 0.15) is 25.5 Å². The minimum atomic E-state index is -0.377. The van der Waals surface area contributed by atoms with E-state index >= 15 is 0 Å². The van der Waals surface area contributed by atoms with E-state index in [0.717, 1.165) is 25.9 Å². The molecule has 28 heavy (non-hydrogen) atoms. The third-order valence-electron chi connectivity index (χ3n) is 5.07. The maximum Gasteiger partial charge on any atom is 0.268 e. The molecule has 4 rings (SSSR count). The van der Waals surface area contributed by atoms with Gasteiger partial charge in [-0.05, 0) is 37.8 Å². The van der Waals surface area contributed by atoms with Crippen LogP contribution in [0.2, 0.25) is 0 Å². The van der Waals surface area contributed by atoms with Crippen molar-refractivity contribution in [2.24, 2.45) is 5.92 Å². The van der Waals surface area contributed by atoms with Crippen LogP contribution in [0.15, 0.2) is 44.3 Å². The predicted molar refractivity (Wildman–Crippen MR) is 101 cm³/mol. The third-order valence-corrected chi connectivity index (χ3v) is 5.07. The van der Waals surface area contributed by atoms with Crippen LogP contribution in [0.25, 0.3) is 22.8 Å². The van der Waals surface area contributed by atoms with Gasteiger partial charge in [-0.3, -0.25) is 9.59 Å². The Kier molecular flexibility index (Phi) is 4.85. The standard InChI is InChI=1S/C20H22N4O4/c1-13-5-7-23(8-6-13)19(26)12-24-18(25)11-15(17-10-14(2)22-28-17)20(21-24)16-4-3-9-27-16/h3-4,9-11,13H,5-8,12H2,1-2H3. The van der Waals surface area contributed by atoms with E-state index in [1.807, 2.05) is 0 Å². The number of hydrogen-bond acceptors (Lipinski definition) is 6. The van der Waals surface area contributed by atoms with Crippen LogP contribution in [-0.4, -0.2) is 38.8 Å². The Bertz CT molecular complexity index is 1030. The molecule has 0 radical (unpaired) electrons. The SMILES string of the molecule is Cc1cc(-c2cc(=O)n(CC(=O)N3CCC(C)CC3)nc2-c2ccco2)on1. The summed E-state index contributed by atoms with van der Waals surface area (Å²) >= 11 is 0. The summed E-state index contributed by atoms with van der Waals surface area (Å²) in [7, 11) is 0. The molecule has 0 aromatic carbocycles. The lowest BCUT2D eigenvalue weighted by molar-refractivity contribution is -0.133. The molecule has 1 aliphatic heterocycles. The minimum absolute atomic E-state index is 0.101. The zero-order valence-electron chi connectivity index (χ0n) is 15.9. The van der Waals surface area contributed by atoms with Gasteiger partial charge >= 0.3 is 0 Å². The Morgan fingerprint density at radius 3 is 2.68 bits per heavy atom. The molecule has 8 heteroatoms. The number of carbonyl (C=O) groups excluding carboxylic acids is 1. The van der Waals surface area contributed by atoms with Gasteiger partial charge in [0.15, 0.2) is 11.5 Å². The molecule has 0 unspecified atom stereocenters. The Hall–Kier alpha value is -3.16. The molecule has 0 saturated carbocycles. The zero-order chi connectivity index (χ0) is 19.7. The van der Waals surface area contributed by atoms with E-state index in [0.29, 0.717) is 34.4 Å². The van der Waals surface area contributed by atoms with Crippen LogP contribution < -0.4 is 5.56 Å². The summed E-state index contributed by atoms with van der Waals surface area (Å²) in [6, 6.07) is 6.63. The van der Waals surface area contributed by atoms with Crippen LogP contribution in [0.4, 0.5) is 0 Å². The summed E-state index contributed by atoms with van der Waals surface area (Å²) in [6.45, 7) is 5.32. The summed E-state index contributed by atoms with van der Waals surface area (Å²) in [5.74, 6) is 1.43. The summed E-state index contributed by atoms with van der Waals surface area (Å²) in [5, 5.41) is 8.31. The smallest absolute Gasteiger partial charge is 0.268 e. The summed E-state index contributed by atoms with van der Waals surface area (Å²) in [5.41, 5.74) is 1.23. The third kappa shape index (κ3) is 3.62. The Balaban J connectivity index is 1.68. The first-order valence-corrected chi connectivity index (χ1v) is 9.39. The molecule has 146 valence electrons. The summed E-state index contributed by atoms with van der Waals surface area (Å²) in [4.78, 5) is 27.1. The van der Waals surface area contributed by atoms with Gasteiger partial charge in [0.05, 0.1) is 17.5 Å². The molecule has 0 aliphatic carbocycles. The number of aromatic nitrogens is 3. The van der Waals surface area contributed by atoms with E-state index in [-0.39, 0.29) is 18.0 Å². The lowest BCUT2D eigenvalue weighted by Gasteiger charge is -2.30. The van der Waals surface area contributed by atoms with E-state index in [9.17, 15) is 9.59 Å². The van der Waals surface area contributed by atoms with Crippen molar-refractivity contribution < 1.29 is 13.7 Å². The molecule has 0 atom stereocenters. The van der Waals surface area contributed by atoms with E-state index < -0.39 is 0 Å². The highest BCUT2D eigenvalue weighted by Crippen LogP contribution is 2.29. The van der Waals surface area contributed by atoms with Crippen LogP contribution in [0.5, 0.6) is 0 Å². The maximum atomic E-state index is 12.7. The fraction of sp³-hybridized carbons (Fsp3) is 0.400. The van der Waals surface area contributed by atoms with Crippen LogP contribution >= 0.6 is 0 Å². The number of hydrogen-bond donors (Lipinski definition) is 0. The molecule has 1 fully saturated rings. The first-order chi connectivity index (χ1) is 13.5. The van der Waals surface area contributed by atoms with Gasteiger partial charge in [0, 0.05) is 25.2 Å². The van der Waals surface area contributed by atoms with E-state index in [4.69, 9.17) is 8.94 Å². The fourth-order valence-corrected chi connectivity index (χ4v) is 3.36. The van der Waals surface area contributed by atoms with Gasteiger partial charge in [-0.25, -0.2) is 4.68 Å². The van der Waals surface area contributed by atoms with Gasteiger partial charge in [-0.15, -0.1) is 0 Å². The quantitative estimate of drug-likeness (QED) is 0.689. The summed E-state index contributed by atoms with van der Waals surface area (Å²) in [6.07, 6.45) is 3.49. The van der Waals surface area contributed by atoms with Crippen molar-refractivity contribution in [3.05, 3.63) is 46.6 Å². The number of piperidine rings is 1. The maximum absolute atomic E-state index is 12.7. The van der Waals surface area contributed by atoms with Gasteiger partial charge in [-0.2, -0.15) is 5.10 Å². The van der Waals surface area contributed by atoms with Crippen molar-refractivity contribution in [3.63, 3.8) is 0 Å². The highest BCUT2D eigenvalue weighted by Gasteiger charge is 2.23. The second-order valence-electron chi connectivity index (χ2n) is 7.28. The highest BCUT2D eigenvalue weighted by atomic mass is 16.5. The number of likely N-dealkylation sites (tertiary alicyclic amines) is 1. The Morgan fingerprint density at radius 1 is 1.25 bits per heavy atom. The van der Waals surface area contributed by atoms with Crippen molar-refractivity contribution in [1.82, 2.24) is 19.8 Å². The van der Waals surface area contributed by atoms with Crippen molar-refractivity contribution in [2.45, 2.75) is 33.2 Å². The van der Waals surface area contributed by atoms with Gasteiger partial charge in [0.25, 0.3) is 5.56 Å². The zero-order valence-corrected chi connectivity index (χ0v) is 15.9. The number of rotatable bonds is 4. The molecular weight excluding hydrogens is 360 g/mol. The highest BCUT2D eigenvalue weighted by molar-refractivity contribution is 5.77. The lowest BCUT2D eigenvalue weighted by atomic mass is 9.99. The molecule has 1 saturated heterocycles. The molecule has 1 amide bonds. The number of carbonyl (C=O) groups is 1. The molecule has 0 N–H and O–H groups in total. The molecule has 0 bridgehead atoms. The number of furan rings is 1. The van der Waals surface area contributed by atoms with Crippen LogP contribution in [-0.2, 0) is 11.3 Å². The van der Waals surface area contributed by atoms with Crippen molar-refractivity contribution in [1.29, 1.82) is 0 Å². The van der Waals surface area contributed by atoms with Gasteiger partial charge in [0.1, 0.15) is 12.2 Å². The number of amides is 1. The Labute approximate surface area is 161 Å². The van der Waals surface area contributed by atoms with E-state index in [1.54, 1.807) is 30.0 Å². The van der Waals surface area contributed by atoms with Gasteiger partial charge in [-0.1, -0.05) is 12.1 Å². The monoisotopic (exact) mass is 382 g/mol. The fourth-order valence-electron chi connectivity index (χ4n) is 3.36. The molecule has 8 nitrogen and oxygen atoms in total. The van der Waals surface area contributed by atoms with Gasteiger partial charge in [0.2, 0.25) is 5.91 Å². The molecule has 3 aromatic rings. The first-order valence-electron chi connectivity index (χ1n) is 9.39. The lowest BCUT2D eigenvalue weighted by Crippen LogP contribution is -2.41. The summed E-state index contributed by atoms with van der Waals surface area (Å²) < 4.78 is 12.0. The van der Waals surface area contributed by atoms with E-state index in [1.165, 1.54) is 17.0 Å². The molecular formula is C20H22N4O4. The van der Waals surface area contributed by atoms with Gasteiger partial charge < -0.3 is 13.8 Å². The second-order valence-corrected chi connectivity index (χ2v) is 7.28. The average Bonchev–Trinajstić information content (AvgIpc) is 3.35. The average molecular weight is 382 g/mol. The molecule has 4 heterocycles. The molecule has 0 spiro atoms. The topological polar surface area (TPSA) is 94.4 Å². The number of nitrogens with zero attached hydrogens (tertiary/aromatic N) is 4. The molecule has 3 aromatic heterocycles. The van der Waals surface area contributed by atoms with E-state index in [2.05, 4.69) is 17.2 Å². The first kappa shape index (κ1) is 18.2. The minimum Gasteiger partial charge on any atom is -0.463 e. The predicted octanol–water partition coefficient (Wildman–Crippen LogP) is 2.73. The Morgan fingerprint density at radius 2 is 2.04 bits per heavy atom. The van der Waals surface area contributed by atoms with Crippen LogP contribution in [0.3, 0.4) is 0 Å². The van der Waals surface area contributed by atoms with Crippen molar-refractivity contribution in [2.75, 3.05) is 13.1 Å². The van der Waals surface area contributed by atoms with Crippen molar-refractivity contribution in [3.8, 4) is 22.8 Å². The second kappa shape index (κ2) is 7.46. The number of aryl methyl sites for hydroxylation is 1. The largest absolute Gasteiger partial charge is 0.463 e. The van der Waals surface area contributed by atoms with Crippen LogP contribution in [0, 0.1) is 12.8 Å². The van der Waals surface area contributed by atoms with Crippen molar-refractivity contribution >= 4 is 5.91 Å². The molecule has 1 aliphatic rings. The normalized spacial score (nSPS) is 15.1.